The van der Waals surface area contributed by atoms with Crippen molar-refractivity contribution in [3.8, 4) is 0 Å². The maximum atomic E-state index is 12.2. The van der Waals surface area contributed by atoms with Crippen molar-refractivity contribution in [3.05, 3.63) is 83.9 Å². The summed E-state index contributed by atoms with van der Waals surface area (Å²) in [6.45, 7) is 0. The van der Waals surface area contributed by atoms with Gasteiger partial charge in [0.2, 0.25) is 0 Å². The first-order valence-electron chi connectivity index (χ1n) is 10.0. The molecule has 0 heterocycles. The summed E-state index contributed by atoms with van der Waals surface area (Å²) in [7, 11) is 4.27. The van der Waals surface area contributed by atoms with Gasteiger partial charge in [0.1, 0.15) is 0 Å². The van der Waals surface area contributed by atoms with E-state index < -0.39 is 5.60 Å². The average molecular weight is 360 g/mol. The van der Waals surface area contributed by atoms with Crippen LogP contribution in [0.5, 0.6) is 0 Å². The van der Waals surface area contributed by atoms with Gasteiger partial charge in [0.25, 0.3) is 0 Å². The number of hydrogen-bond acceptors (Lipinski definition) is 2. The topological polar surface area (TPSA) is 23.5 Å². The highest BCUT2D eigenvalue weighted by molar-refractivity contribution is 5.86. The molecule has 3 aromatic carbocycles. The standard InChI is InChI=1S/C25H29NO/c1-26(2)24(20-12-4-3-5-13-20)23-16-8-9-18-25(23,27)22-17-10-14-19-11-6-7-15-21(19)22/h3-7,10-15,17,23-24,27H,8-9,16,18H2,1-2H3. The van der Waals surface area contributed by atoms with Crippen LogP contribution in [0.25, 0.3) is 10.8 Å². The summed E-state index contributed by atoms with van der Waals surface area (Å²) < 4.78 is 0. The van der Waals surface area contributed by atoms with Crippen molar-refractivity contribution in [2.45, 2.75) is 37.3 Å². The molecule has 3 unspecified atom stereocenters. The molecule has 3 atom stereocenters. The Hall–Kier alpha value is -2.16. The molecule has 1 saturated carbocycles. The fourth-order valence-electron chi connectivity index (χ4n) is 5.08. The van der Waals surface area contributed by atoms with E-state index in [-0.39, 0.29) is 12.0 Å². The maximum Gasteiger partial charge on any atom is 0.0948 e. The summed E-state index contributed by atoms with van der Waals surface area (Å²) in [5, 5.41) is 14.5. The summed E-state index contributed by atoms with van der Waals surface area (Å²) in [6, 6.07) is 25.7. The fraction of sp³-hybridized carbons (Fsp3) is 0.360. The second-order valence-electron chi connectivity index (χ2n) is 8.12. The van der Waals surface area contributed by atoms with E-state index in [2.05, 4.69) is 91.8 Å². The summed E-state index contributed by atoms with van der Waals surface area (Å²) in [5.74, 6) is 0.162. The SMILES string of the molecule is CN(C)C(c1ccccc1)C1CCCCC1(O)c1cccc2ccccc12. The highest BCUT2D eigenvalue weighted by Gasteiger charge is 2.46. The molecule has 0 spiro atoms. The van der Waals surface area contributed by atoms with Crippen molar-refractivity contribution in [2.24, 2.45) is 5.92 Å². The second-order valence-corrected chi connectivity index (χ2v) is 8.12. The van der Waals surface area contributed by atoms with Gasteiger partial charge in [0.15, 0.2) is 0 Å². The molecular weight excluding hydrogens is 330 g/mol. The van der Waals surface area contributed by atoms with Gasteiger partial charge in [0.05, 0.1) is 5.60 Å². The van der Waals surface area contributed by atoms with E-state index in [1.807, 2.05) is 0 Å². The Labute approximate surface area is 162 Å². The van der Waals surface area contributed by atoms with Gasteiger partial charge in [0, 0.05) is 12.0 Å². The van der Waals surface area contributed by atoms with Gasteiger partial charge in [-0.05, 0) is 48.8 Å². The molecule has 1 fully saturated rings. The number of aliphatic hydroxyl groups is 1. The predicted octanol–water partition coefficient (Wildman–Crippen LogP) is 5.52. The lowest BCUT2D eigenvalue weighted by atomic mass is 9.66. The van der Waals surface area contributed by atoms with Crippen LogP contribution in [0.2, 0.25) is 0 Å². The van der Waals surface area contributed by atoms with Crippen molar-refractivity contribution in [1.29, 1.82) is 0 Å². The van der Waals surface area contributed by atoms with Gasteiger partial charge in [-0.15, -0.1) is 0 Å². The van der Waals surface area contributed by atoms with Crippen molar-refractivity contribution in [2.75, 3.05) is 14.1 Å². The van der Waals surface area contributed by atoms with Crippen molar-refractivity contribution in [1.82, 2.24) is 4.90 Å². The van der Waals surface area contributed by atoms with Gasteiger partial charge < -0.3 is 10.0 Å². The molecule has 0 amide bonds. The molecule has 0 aromatic heterocycles. The summed E-state index contributed by atoms with van der Waals surface area (Å²) in [5.41, 5.74) is 1.56. The van der Waals surface area contributed by atoms with Gasteiger partial charge in [-0.3, -0.25) is 0 Å². The normalized spacial score (nSPS) is 24.2. The zero-order valence-electron chi connectivity index (χ0n) is 16.3. The van der Waals surface area contributed by atoms with Crippen LogP contribution in [-0.4, -0.2) is 24.1 Å². The van der Waals surface area contributed by atoms with Crippen molar-refractivity contribution < 1.29 is 5.11 Å². The lowest BCUT2D eigenvalue weighted by Crippen LogP contribution is -2.45. The first-order chi connectivity index (χ1) is 13.1. The molecule has 4 rings (SSSR count). The van der Waals surface area contributed by atoms with Crippen LogP contribution < -0.4 is 0 Å². The Balaban J connectivity index is 1.86. The third-order valence-electron chi connectivity index (χ3n) is 6.27. The Kier molecular flexibility index (Phi) is 5.03. The highest BCUT2D eigenvalue weighted by Crippen LogP contribution is 2.50. The Bertz CT molecular complexity index is 899. The minimum Gasteiger partial charge on any atom is -0.385 e. The molecule has 27 heavy (non-hydrogen) atoms. The molecule has 1 aliphatic carbocycles. The zero-order chi connectivity index (χ0) is 18.9. The molecule has 3 aromatic rings. The summed E-state index contributed by atoms with van der Waals surface area (Å²) >= 11 is 0. The number of benzene rings is 3. The van der Waals surface area contributed by atoms with Crippen LogP contribution >= 0.6 is 0 Å². The minimum atomic E-state index is -0.816. The van der Waals surface area contributed by atoms with Gasteiger partial charge in [-0.25, -0.2) is 0 Å². The van der Waals surface area contributed by atoms with Gasteiger partial charge >= 0.3 is 0 Å². The first kappa shape index (κ1) is 18.2. The molecule has 0 radical (unpaired) electrons. The van der Waals surface area contributed by atoms with Crippen LogP contribution in [0.1, 0.15) is 42.9 Å². The second kappa shape index (κ2) is 7.46. The van der Waals surface area contributed by atoms with E-state index in [0.29, 0.717) is 0 Å². The fourth-order valence-corrected chi connectivity index (χ4v) is 5.08. The monoisotopic (exact) mass is 359 g/mol. The molecule has 2 heteroatoms. The molecule has 140 valence electrons. The summed E-state index contributed by atoms with van der Waals surface area (Å²) in [4.78, 5) is 2.28. The van der Waals surface area contributed by atoms with E-state index in [4.69, 9.17) is 0 Å². The van der Waals surface area contributed by atoms with Crippen LogP contribution in [0.4, 0.5) is 0 Å². The van der Waals surface area contributed by atoms with Crippen LogP contribution in [0, 0.1) is 5.92 Å². The highest BCUT2D eigenvalue weighted by atomic mass is 16.3. The zero-order valence-corrected chi connectivity index (χ0v) is 16.3. The third kappa shape index (κ3) is 3.28. The first-order valence-corrected chi connectivity index (χ1v) is 10.0. The molecule has 1 N–H and O–H groups in total. The van der Waals surface area contributed by atoms with E-state index in [1.54, 1.807) is 0 Å². The molecule has 2 nitrogen and oxygen atoms in total. The molecule has 1 aliphatic rings. The van der Waals surface area contributed by atoms with E-state index in [1.165, 1.54) is 22.8 Å². The lowest BCUT2D eigenvalue weighted by Gasteiger charge is -2.47. The largest absolute Gasteiger partial charge is 0.385 e. The smallest absolute Gasteiger partial charge is 0.0948 e. The Morgan fingerprint density at radius 3 is 2.37 bits per heavy atom. The van der Waals surface area contributed by atoms with Crippen LogP contribution in [0.15, 0.2) is 72.8 Å². The summed E-state index contributed by atoms with van der Waals surface area (Å²) in [6.07, 6.45) is 4.11. The molecular formula is C25H29NO. The molecule has 0 bridgehead atoms. The third-order valence-corrected chi connectivity index (χ3v) is 6.27. The number of hydrogen-bond donors (Lipinski definition) is 1. The quantitative estimate of drug-likeness (QED) is 0.663. The Morgan fingerprint density at radius 1 is 0.889 bits per heavy atom. The van der Waals surface area contributed by atoms with E-state index >= 15 is 0 Å². The van der Waals surface area contributed by atoms with E-state index in [0.717, 1.165) is 24.8 Å². The maximum absolute atomic E-state index is 12.2. The average Bonchev–Trinajstić information content (AvgIpc) is 2.70. The van der Waals surface area contributed by atoms with E-state index in [9.17, 15) is 5.11 Å². The van der Waals surface area contributed by atoms with Crippen LogP contribution in [0.3, 0.4) is 0 Å². The van der Waals surface area contributed by atoms with Crippen molar-refractivity contribution >= 4 is 10.8 Å². The number of rotatable bonds is 4. The predicted molar refractivity (Wildman–Crippen MR) is 113 cm³/mol. The van der Waals surface area contributed by atoms with Crippen molar-refractivity contribution in [3.63, 3.8) is 0 Å². The lowest BCUT2D eigenvalue weighted by molar-refractivity contribution is -0.0827. The minimum absolute atomic E-state index is 0.162. The van der Waals surface area contributed by atoms with Gasteiger partial charge in [-0.2, -0.15) is 0 Å². The van der Waals surface area contributed by atoms with Gasteiger partial charge in [-0.1, -0.05) is 85.6 Å². The van der Waals surface area contributed by atoms with Crippen LogP contribution in [-0.2, 0) is 5.60 Å². The molecule has 0 saturated heterocycles. The number of nitrogens with zero attached hydrogens (tertiary/aromatic N) is 1. The Morgan fingerprint density at radius 2 is 1.59 bits per heavy atom. The molecule has 0 aliphatic heterocycles. The number of fused-ring (bicyclic) bond motifs is 1.